The normalized spacial score (nSPS) is 15.4. The maximum Gasteiger partial charge on any atom is 0.254 e. The number of benzene rings is 2. The van der Waals surface area contributed by atoms with E-state index in [4.69, 9.17) is 0 Å². The Morgan fingerprint density at radius 1 is 1.17 bits per heavy atom. The topological polar surface area (TPSA) is 36.1 Å². The van der Waals surface area contributed by atoms with Crippen LogP contribution in [-0.4, -0.2) is 29.4 Å². The summed E-state index contributed by atoms with van der Waals surface area (Å²) in [6, 6.07) is 16.0. The maximum atomic E-state index is 12.8. The Morgan fingerprint density at radius 2 is 1.88 bits per heavy atom. The summed E-state index contributed by atoms with van der Waals surface area (Å²) in [5.74, 6) is 0.0635. The molecule has 2 aromatic carbocycles. The zero-order valence-electron chi connectivity index (χ0n) is 13.6. The van der Waals surface area contributed by atoms with Crippen LogP contribution in [0.4, 0.5) is 0 Å². The van der Waals surface area contributed by atoms with Gasteiger partial charge in [-0.3, -0.25) is 4.79 Å². The summed E-state index contributed by atoms with van der Waals surface area (Å²) in [7, 11) is 1.90. The summed E-state index contributed by atoms with van der Waals surface area (Å²) in [5.41, 5.74) is 3.31. The van der Waals surface area contributed by atoms with Gasteiger partial charge in [0.1, 0.15) is 0 Å². The second-order valence-corrected chi connectivity index (χ2v) is 7.52. The van der Waals surface area contributed by atoms with Crippen molar-refractivity contribution in [1.29, 1.82) is 0 Å². The quantitative estimate of drug-likeness (QED) is 0.695. The fourth-order valence-corrected chi connectivity index (χ4v) is 3.99. The molecular weight excluding hydrogens is 364 g/mol. The van der Waals surface area contributed by atoms with Crippen LogP contribution in [0.5, 0.6) is 0 Å². The SMILES string of the molecule is CN(CC1(c2c[nH]c3ccccc23)CC1)C(=O)c1ccccc1Br. The molecule has 122 valence electrons. The third-order valence-electron chi connectivity index (χ3n) is 5.00. The van der Waals surface area contributed by atoms with Gasteiger partial charge in [-0.2, -0.15) is 0 Å². The van der Waals surface area contributed by atoms with E-state index in [1.165, 1.54) is 16.5 Å². The number of nitrogens with zero attached hydrogens (tertiary/aromatic N) is 1. The fourth-order valence-electron chi connectivity index (χ4n) is 3.54. The van der Waals surface area contributed by atoms with Crippen LogP contribution in [0.2, 0.25) is 0 Å². The molecule has 1 fully saturated rings. The Morgan fingerprint density at radius 3 is 2.62 bits per heavy atom. The second kappa shape index (κ2) is 5.78. The number of likely N-dealkylation sites (N-methyl/N-ethyl adjacent to an activating group) is 1. The molecule has 0 atom stereocenters. The Balaban J connectivity index is 1.60. The summed E-state index contributed by atoms with van der Waals surface area (Å²) in [4.78, 5) is 18.0. The highest BCUT2D eigenvalue weighted by Gasteiger charge is 2.47. The summed E-state index contributed by atoms with van der Waals surface area (Å²) in [5, 5.41) is 1.27. The number of fused-ring (bicyclic) bond motifs is 1. The van der Waals surface area contributed by atoms with Gasteiger partial charge in [0.05, 0.1) is 5.56 Å². The average molecular weight is 383 g/mol. The third-order valence-corrected chi connectivity index (χ3v) is 5.70. The monoisotopic (exact) mass is 382 g/mol. The molecule has 1 N–H and O–H groups in total. The molecule has 4 rings (SSSR count). The number of nitrogens with one attached hydrogen (secondary N) is 1. The molecule has 1 aromatic heterocycles. The number of H-pyrrole nitrogens is 1. The van der Waals surface area contributed by atoms with E-state index in [-0.39, 0.29) is 11.3 Å². The molecule has 0 bridgehead atoms. The van der Waals surface area contributed by atoms with Crippen molar-refractivity contribution in [2.45, 2.75) is 18.3 Å². The first-order valence-electron chi connectivity index (χ1n) is 8.17. The number of halogens is 1. The van der Waals surface area contributed by atoms with Crippen LogP contribution in [0.25, 0.3) is 10.9 Å². The zero-order chi connectivity index (χ0) is 16.7. The van der Waals surface area contributed by atoms with Crippen molar-refractivity contribution >= 4 is 32.7 Å². The maximum absolute atomic E-state index is 12.8. The summed E-state index contributed by atoms with van der Waals surface area (Å²) in [6.45, 7) is 0.745. The van der Waals surface area contributed by atoms with Crippen molar-refractivity contribution in [3.05, 3.63) is 70.3 Å². The Bertz CT molecular complexity index is 911. The molecule has 0 aliphatic heterocycles. The average Bonchev–Trinajstić information content (AvgIpc) is 3.23. The van der Waals surface area contributed by atoms with Crippen molar-refractivity contribution in [3.8, 4) is 0 Å². The van der Waals surface area contributed by atoms with E-state index in [0.717, 1.165) is 29.4 Å². The van der Waals surface area contributed by atoms with Crippen LogP contribution in [0, 0.1) is 0 Å². The van der Waals surface area contributed by atoms with Crippen molar-refractivity contribution in [3.63, 3.8) is 0 Å². The minimum Gasteiger partial charge on any atom is -0.361 e. The molecule has 1 saturated carbocycles. The van der Waals surface area contributed by atoms with Crippen LogP contribution in [-0.2, 0) is 5.41 Å². The lowest BCUT2D eigenvalue weighted by Gasteiger charge is -2.24. The lowest BCUT2D eigenvalue weighted by atomic mass is 9.94. The molecule has 1 heterocycles. The third kappa shape index (κ3) is 2.55. The molecule has 0 unspecified atom stereocenters. The molecular formula is C20H19BrN2O. The largest absolute Gasteiger partial charge is 0.361 e. The molecule has 0 spiro atoms. The zero-order valence-corrected chi connectivity index (χ0v) is 15.1. The van der Waals surface area contributed by atoms with Crippen molar-refractivity contribution in [2.24, 2.45) is 0 Å². The first-order valence-corrected chi connectivity index (χ1v) is 8.97. The second-order valence-electron chi connectivity index (χ2n) is 6.67. The molecule has 1 aliphatic rings. The smallest absolute Gasteiger partial charge is 0.254 e. The first kappa shape index (κ1) is 15.5. The van der Waals surface area contributed by atoms with Gasteiger partial charge in [-0.05, 0) is 52.5 Å². The number of carbonyl (C=O) groups is 1. The number of carbonyl (C=O) groups excluding carboxylic acids is 1. The van der Waals surface area contributed by atoms with Gasteiger partial charge in [-0.1, -0.05) is 30.3 Å². The Hall–Kier alpha value is -2.07. The highest BCUT2D eigenvalue weighted by atomic mass is 79.9. The molecule has 3 nitrogen and oxygen atoms in total. The summed E-state index contributed by atoms with van der Waals surface area (Å²) in [6.07, 6.45) is 4.37. The van der Waals surface area contributed by atoms with Gasteiger partial charge in [-0.15, -0.1) is 0 Å². The molecule has 1 amide bonds. The number of hydrogen-bond acceptors (Lipinski definition) is 1. The number of amides is 1. The van der Waals surface area contributed by atoms with Crippen LogP contribution in [0.1, 0.15) is 28.8 Å². The number of aromatic nitrogens is 1. The van der Waals surface area contributed by atoms with Crippen molar-refractivity contribution in [2.75, 3.05) is 13.6 Å². The van der Waals surface area contributed by atoms with E-state index < -0.39 is 0 Å². The van der Waals surface area contributed by atoms with Crippen LogP contribution in [0.15, 0.2) is 59.2 Å². The van der Waals surface area contributed by atoms with Crippen molar-refractivity contribution < 1.29 is 4.79 Å². The van der Waals surface area contributed by atoms with Gasteiger partial charge in [-0.25, -0.2) is 0 Å². The van der Waals surface area contributed by atoms with Crippen LogP contribution >= 0.6 is 15.9 Å². The molecule has 1 aliphatic carbocycles. The minimum absolute atomic E-state index is 0.0635. The molecule has 4 heteroatoms. The molecule has 0 radical (unpaired) electrons. The van der Waals surface area contributed by atoms with Gasteiger partial charge in [0, 0.05) is 40.6 Å². The van der Waals surface area contributed by atoms with Crippen LogP contribution < -0.4 is 0 Å². The van der Waals surface area contributed by atoms with E-state index in [9.17, 15) is 4.79 Å². The van der Waals surface area contributed by atoms with E-state index in [0.29, 0.717) is 0 Å². The minimum atomic E-state index is 0.0635. The van der Waals surface area contributed by atoms with E-state index in [2.05, 4.69) is 45.3 Å². The Kier molecular flexibility index (Phi) is 3.72. The van der Waals surface area contributed by atoms with E-state index in [1.54, 1.807) is 0 Å². The number of rotatable bonds is 4. The highest BCUT2D eigenvalue weighted by molar-refractivity contribution is 9.10. The van der Waals surface area contributed by atoms with Gasteiger partial charge in [0.25, 0.3) is 5.91 Å². The lowest BCUT2D eigenvalue weighted by Crippen LogP contribution is -2.34. The number of hydrogen-bond donors (Lipinski definition) is 1. The van der Waals surface area contributed by atoms with Gasteiger partial charge >= 0.3 is 0 Å². The number of aromatic amines is 1. The van der Waals surface area contributed by atoms with Crippen molar-refractivity contribution in [1.82, 2.24) is 9.88 Å². The summed E-state index contributed by atoms with van der Waals surface area (Å²) >= 11 is 3.48. The van der Waals surface area contributed by atoms with Gasteiger partial charge < -0.3 is 9.88 Å². The number of para-hydroxylation sites is 1. The Labute approximate surface area is 149 Å². The predicted molar refractivity (Wildman–Crippen MR) is 100 cm³/mol. The van der Waals surface area contributed by atoms with E-state index in [1.807, 2.05) is 42.3 Å². The highest BCUT2D eigenvalue weighted by Crippen LogP contribution is 2.50. The van der Waals surface area contributed by atoms with Gasteiger partial charge in [0.2, 0.25) is 0 Å². The first-order chi connectivity index (χ1) is 11.6. The summed E-state index contributed by atoms with van der Waals surface area (Å²) < 4.78 is 0.846. The van der Waals surface area contributed by atoms with Crippen LogP contribution in [0.3, 0.4) is 0 Å². The standard InChI is InChI=1S/C20H19BrN2O/c1-23(19(24)15-7-2-4-8-17(15)21)13-20(10-11-20)16-12-22-18-9-5-3-6-14(16)18/h2-9,12,22H,10-11,13H2,1H3. The van der Waals surface area contributed by atoms with Gasteiger partial charge in [0.15, 0.2) is 0 Å². The lowest BCUT2D eigenvalue weighted by molar-refractivity contribution is 0.0781. The molecule has 0 saturated heterocycles. The predicted octanol–water partition coefficient (Wildman–Crippen LogP) is 4.73. The molecule has 3 aromatic rings. The molecule has 24 heavy (non-hydrogen) atoms. The van der Waals surface area contributed by atoms with E-state index >= 15 is 0 Å². The fraction of sp³-hybridized carbons (Fsp3) is 0.250.